The van der Waals surface area contributed by atoms with Gasteiger partial charge in [0, 0.05) is 48.6 Å². The number of anilines is 3. The second-order valence-electron chi connectivity index (χ2n) is 11.5. The van der Waals surface area contributed by atoms with Gasteiger partial charge in [0.25, 0.3) is 0 Å². The number of hydrogen-bond donors (Lipinski definition) is 1. The summed E-state index contributed by atoms with van der Waals surface area (Å²) in [7, 11) is 1.41. The van der Waals surface area contributed by atoms with Gasteiger partial charge in [-0.25, -0.2) is 14.2 Å². The zero-order chi connectivity index (χ0) is 29.5. The molecular formula is C31H47FN6O3. The maximum absolute atomic E-state index is 15.5. The number of hydrogen-bond acceptors (Lipinski definition) is 7. The van der Waals surface area contributed by atoms with Crippen LogP contribution < -0.4 is 24.6 Å². The number of methoxy groups -OCH3 is 1. The Labute approximate surface area is 244 Å². The van der Waals surface area contributed by atoms with Crippen LogP contribution in [0.15, 0.2) is 18.3 Å². The first-order chi connectivity index (χ1) is 19.7. The molecule has 1 N–H and O–H groups in total. The van der Waals surface area contributed by atoms with Crippen molar-refractivity contribution in [1.29, 1.82) is 0 Å². The van der Waals surface area contributed by atoms with Gasteiger partial charge in [-0.1, -0.05) is 19.3 Å². The Hall–Kier alpha value is -3.14. The number of halogens is 1. The Morgan fingerprint density at radius 2 is 1.85 bits per heavy atom. The number of carbonyl (C=O) groups is 1. The number of urea groups is 1. The molecule has 2 amide bonds. The standard InChI is InChI=1S/C31H47FN6O3/c1-7-41-25-17-26(28(32)27(18-25)40-6)37-20-23-19-34-30(33-15-11-8-12-16-36(21(2)3)22(4)5)35-29(23)38(31(37)39)24-13-9-10-14-24/h17-19,21-22,24H,7-16,20H2,1-6H3,(H,33,34,35). The van der Waals surface area contributed by atoms with E-state index in [9.17, 15) is 4.79 Å². The normalized spacial score (nSPS) is 15.8. The fourth-order valence-corrected chi connectivity index (χ4v) is 6.00. The molecule has 2 aliphatic rings. The average molecular weight is 571 g/mol. The predicted molar refractivity (Wildman–Crippen MR) is 162 cm³/mol. The van der Waals surface area contributed by atoms with Crippen molar-refractivity contribution in [3.05, 3.63) is 29.7 Å². The van der Waals surface area contributed by atoms with Crippen molar-refractivity contribution in [2.24, 2.45) is 0 Å². The Morgan fingerprint density at radius 1 is 1.12 bits per heavy atom. The fourth-order valence-electron chi connectivity index (χ4n) is 6.00. The lowest BCUT2D eigenvalue weighted by Crippen LogP contribution is -2.52. The first-order valence-corrected chi connectivity index (χ1v) is 15.2. The van der Waals surface area contributed by atoms with E-state index in [1.165, 1.54) is 18.1 Å². The van der Waals surface area contributed by atoms with Crippen LogP contribution in [0.1, 0.15) is 85.1 Å². The number of fused-ring (bicyclic) bond motifs is 1. The Kier molecular flexibility index (Phi) is 10.6. The maximum atomic E-state index is 15.5. The molecule has 41 heavy (non-hydrogen) atoms. The molecule has 10 heteroatoms. The van der Waals surface area contributed by atoms with E-state index in [2.05, 4.69) is 42.9 Å². The molecule has 0 bridgehead atoms. The Bertz CT molecular complexity index is 1160. The van der Waals surface area contributed by atoms with Crippen molar-refractivity contribution in [1.82, 2.24) is 14.9 Å². The van der Waals surface area contributed by atoms with Crippen LogP contribution in [0.3, 0.4) is 0 Å². The van der Waals surface area contributed by atoms with Crippen molar-refractivity contribution in [2.75, 3.05) is 41.9 Å². The maximum Gasteiger partial charge on any atom is 0.330 e. The number of amides is 2. The third-order valence-corrected chi connectivity index (χ3v) is 8.04. The molecule has 4 rings (SSSR count). The number of nitrogens with one attached hydrogen (secondary N) is 1. The number of aromatic nitrogens is 2. The summed E-state index contributed by atoms with van der Waals surface area (Å²) in [5.41, 5.74) is 0.909. The van der Waals surface area contributed by atoms with Gasteiger partial charge < -0.3 is 14.8 Å². The molecule has 1 fully saturated rings. The van der Waals surface area contributed by atoms with Crippen LogP contribution in [0.25, 0.3) is 0 Å². The highest BCUT2D eigenvalue weighted by atomic mass is 19.1. The van der Waals surface area contributed by atoms with E-state index < -0.39 is 5.82 Å². The molecular weight excluding hydrogens is 523 g/mol. The number of unbranched alkanes of at least 4 members (excludes halogenated alkanes) is 2. The quantitative estimate of drug-likeness (QED) is 0.256. The lowest BCUT2D eigenvalue weighted by Gasteiger charge is -2.39. The zero-order valence-electron chi connectivity index (χ0n) is 25.6. The smallest absolute Gasteiger partial charge is 0.330 e. The Morgan fingerprint density at radius 3 is 2.51 bits per heavy atom. The van der Waals surface area contributed by atoms with Gasteiger partial charge >= 0.3 is 6.03 Å². The molecule has 0 saturated heterocycles. The van der Waals surface area contributed by atoms with E-state index >= 15 is 4.39 Å². The van der Waals surface area contributed by atoms with Crippen molar-refractivity contribution in [2.45, 2.75) is 104 Å². The van der Waals surface area contributed by atoms with Gasteiger partial charge in [0.15, 0.2) is 11.6 Å². The van der Waals surface area contributed by atoms with Crippen molar-refractivity contribution in [3.63, 3.8) is 0 Å². The van der Waals surface area contributed by atoms with Crippen LogP contribution >= 0.6 is 0 Å². The fraction of sp³-hybridized carbons (Fsp3) is 0.645. The summed E-state index contributed by atoms with van der Waals surface area (Å²) in [6.45, 7) is 13.3. The highest BCUT2D eigenvalue weighted by molar-refractivity contribution is 6.06. The number of benzene rings is 1. The van der Waals surface area contributed by atoms with Crippen LogP contribution in [0.2, 0.25) is 0 Å². The van der Waals surface area contributed by atoms with Gasteiger partial charge in [0.2, 0.25) is 5.95 Å². The van der Waals surface area contributed by atoms with E-state index in [1.807, 2.05) is 6.92 Å². The minimum Gasteiger partial charge on any atom is -0.494 e. The first kappa shape index (κ1) is 30.8. The number of carbonyl (C=O) groups excluding carboxylic acids is 1. The summed E-state index contributed by atoms with van der Waals surface area (Å²) in [5.74, 6) is 1.03. The summed E-state index contributed by atoms with van der Waals surface area (Å²) in [4.78, 5) is 29.1. The summed E-state index contributed by atoms with van der Waals surface area (Å²) < 4.78 is 26.4. The van der Waals surface area contributed by atoms with Gasteiger partial charge in [-0.05, 0) is 66.8 Å². The summed E-state index contributed by atoms with van der Waals surface area (Å²) in [6, 6.07) is 3.89. The molecule has 1 aromatic carbocycles. The first-order valence-electron chi connectivity index (χ1n) is 15.2. The van der Waals surface area contributed by atoms with E-state index in [1.54, 1.807) is 17.2 Å². The summed E-state index contributed by atoms with van der Waals surface area (Å²) in [5, 5.41) is 3.36. The summed E-state index contributed by atoms with van der Waals surface area (Å²) >= 11 is 0. The molecule has 0 radical (unpaired) electrons. The minimum absolute atomic E-state index is 0.0108. The predicted octanol–water partition coefficient (Wildman–Crippen LogP) is 6.61. The molecule has 0 atom stereocenters. The van der Waals surface area contributed by atoms with E-state index in [0.717, 1.165) is 63.6 Å². The zero-order valence-corrected chi connectivity index (χ0v) is 25.6. The van der Waals surface area contributed by atoms with Crippen LogP contribution in [0.4, 0.5) is 26.6 Å². The van der Waals surface area contributed by atoms with Crippen LogP contribution in [-0.2, 0) is 6.54 Å². The van der Waals surface area contributed by atoms with Gasteiger partial charge in [-0.3, -0.25) is 14.7 Å². The lowest BCUT2D eigenvalue weighted by molar-refractivity contribution is 0.171. The number of rotatable bonds is 14. The molecule has 1 saturated carbocycles. The summed E-state index contributed by atoms with van der Waals surface area (Å²) in [6.07, 6.45) is 8.92. The van der Waals surface area contributed by atoms with Crippen LogP contribution in [-0.4, -0.2) is 65.8 Å². The van der Waals surface area contributed by atoms with Crippen molar-refractivity contribution in [3.8, 4) is 11.5 Å². The third-order valence-electron chi connectivity index (χ3n) is 8.04. The second kappa shape index (κ2) is 14.2. The van der Waals surface area contributed by atoms with E-state index in [4.69, 9.17) is 14.5 Å². The molecule has 0 spiro atoms. The van der Waals surface area contributed by atoms with Crippen molar-refractivity contribution < 1.29 is 18.7 Å². The third kappa shape index (κ3) is 7.20. The van der Waals surface area contributed by atoms with Gasteiger partial charge in [-0.2, -0.15) is 4.98 Å². The molecule has 0 unspecified atom stereocenters. The topological polar surface area (TPSA) is 83.1 Å². The number of ether oxygens (including phenoxy) is 2. The van der Waals surface area contributed by atoms with Gasteiger partial charge in [-0.15, -0.1) is 0 Å². The van der Waals surface area contributed by atoms with E-state index in [-0.39, 0.29) is 30.1 Å². The van der Waals surface area contributed by atoms with Gasteiger partial charge in [0.1, 0.15) is 11.6 Å². The largest absolute Gasteiger partial charge is 0.494 e. The van der Waals surface area contributed by atoms with E-state index in [0.29, 0.717) is 36.2 Å². The lowest BCUT2D eigenvalue weighted by atomic mass is 10.1. The molecule has 1 aromatic heterocycles. The van der Waals surface area contributed by atoms with Gasteiger partial charge in [0.05, 0.1) is 25.9 Å². The monoisotopic (exact) mass is 570 g/mol. The molecule has 2 aromatic rings. The van der Waals surface area contributed by atoms with Crippen molar-refractivity contribution >= 4 is 23.5 Å². The molecule has 2 heterocycles. The SMILES string of the molecule is CCOc1cc(OC)c(F)c(N2Cc3cnc(NCCCCCN(C(C)C)C(C)C)nc3N(C3CCCC3)C2=O)c1. The molecule has 9 nitrogen and oxygen atoms in total. The average Bonchev–Trinajstić information content (AvgIpc) is 3.47. The molecule has 1 aliphatic heterocycles. The van der Waals surface area contributed by atoms with Crippen LogP contribution in [0.5, 0.6) is 11.5 Å². The highest BCUT2D eigenvalue weighted by Gasteiger charge is 2.39. The second-order valence-corrected chi connectivity index (χ2v) is 11.5. The number of nitrogens with zero attached hydrogens (tertiary/aromatic N) is 5. The Balaban J connectivity index is 1.50. The highest BCUT2D eigenvalue weighted by Crippen LogP contribution is 2.40. The minimum atomic E-state index is -0.594. The molecule has 1 aliphatic carbocycles. The van der Waals surface area contributed by atoms with Crippen LogP contribution in [0, 0.1) is 5.82 Å². The molecule has 226 valence electrons.